The third kappa shape index (κ3) is 2.79. The first-order chi connectivity index (χ1) is 9.48. The molecule has 1 aliphatic rings. The minimum absolute atomic E-state index is 0.0741. The molecule has 2 rings (SSSR count). The third-order valence-corrected chi connectivity index (χ3v) is 5.64. The van der Waals surface area contributed by atoms with Crippen molar-refractivity contribution in [3.05, 3.63) is 24.0 Å². The van der Waals surface area contributed by atoms with E-state index in [-0.39, 0.29) is 23.2 Å². The number of aliphatic hydroxyl groups is 1. The molecule has 1 saturated heterocycles. The predicted molar refractivity (Wildman–Crippen MR) is 74.0 cm³/mol. The van der Waals surface area contributed by atoms with E-state index in [0.717, 1.165) is 18.9 Å². The fourth-order valence-corrected chi connectivity index (χ4v) is 4.45. The van der Waals surface area contributed by atoms with E-state index in [9.17, 15) is 12.8 Å². The Morgan fingerprint density at radius 1 is 1.40 bits per heavy atom. The zero-order valence-electron chi connectivity index (χ0n) is 11.1. The predicted octanol–water partition coefficient (Wildman–Crippen LogP) is 1.33. The SMILES string of the molecule is Nc1c(F)cccc1S(=O)(=O)N1CCCCC1CCO. The van der Waals surface area contributed by atoms with Crippen molar-refractivity contribution in [2.24, 2.45) is 0 Å². The van der Waals surface area contributed by atoms with Crippen LogP contribution in [0.1, 0.15) is 25.7 Å². The van der Waals surface area contributed by atoms with E-state index in [4.69, 9.17) is 10.8 Å². The molecular formula is C13H19FN2O3S. The average Bonchev–Trinajstić information content (AvgIpc) is 2.42. The molecular weight excluding hydrogens is 283 g/mol. The number of halogens is 1. The second kappa shape index (κ2) is 6.07. The molecule has 0 spiro atoms. The van der Waals surface area contributed by atoms with Gasteiger partial charge in [-0.25, -0.2) is 12.8 Å². The van der Waals surface area contributed by atoms with Crippen LogP contribution in [0.25, 0.3) is 0 Å². The van der Waals surface area contributed by atoms with E-state index in [1.165, 1.54) is 16.4 Å². The highest BCUT2D eigenvalue weighted by molar-refractivity contribution is 7.89. The van der Waals surface area contributed by atoms with Gasteiger partial charge in [0.1, 0.15) is 10.7 Å². The van der Waals surface area contributed by atoms with Crippen LogP contribution in [-0.2, 0) is 10.0 Å². The van der Waals surface area contributed by atoms with Crippen molar-refractivity contribution in [3.8, 4) is 0 Å². The molecule has 1 atom stereocenters. The summed E-state index contributed by atoms with van der Waals surface area (Å²) in [4.78, 5) is -0.192. The molecule has 1 aromatic carbocycles. The molecule has 5 nitrogen and oxygen atoms in total. The largest absolute Gasteiger partial charge is 0.396 e. The second-order valence-corrected chi connectivity index (χ2v) is 6.79. The standard InChI is InChI=1S/C13H19FN2O3S/c14-11-5-3-6-12(13(11)15)20(18,19)16-8-2-1-4-10(16)7-9-17/h3,5-6,10,17H,1-2,4,7-9,15H2. The van der Waals surface area contributed by atoms with Crippen molar-refractivity contribution in [2.75, 3.05) is 18.9 Å². The molecule has 1 fully saturated rings. The van der Waals surface area contributed by atoms with Crippen LogP contribution >= 0.6 is 0 Å². The van der Waals surface area contributed by atoms with E-state index >= 15 is 0 Å². The number of nitrogens with zero attached hydrogens (tertiary/aromatic N) is 1. The molecule has 0 radical (unpaired) electrons. The highest BCUT2D eigenvalue weighted by atomic mass is 32.2. The summed E-state index contributed by atoms with van der Waals surface area (Å²) >= 11 is 0. The van der Waals surface area contributed by atoms with Gasteiger partial charge in [0.15, 0.2) is 0 Å². The molecule has 0 aromatic heterocycles. The first-order valence-corrected chi connectivity index (χ1v) is 8.09. The van der Waals surface area contributed by atoms with Gasteiger partial charge in [-0.05, 0) is 31.4 Å². The molecule has 1 unspecified atom stereocenters. The maximum absolute atomic E-state index is 13.5. The lowest BCUT2D eigenvalue weighted by Crippen LogP contribution is -2.44. The van der Waals surface area contributed by atoms with Gasteiger partial charge in [-0.3, -0.25) is 0 Å². The first-order valence-electron chi connectivity index (χ1n) is 6.65. The lowest BCUT2D eigenvalue weighted by atomic mass is 10.0. The zero-order chi connectivity index (χ0) is 14.8. The number of nitrogens with two attached hydrogens (primary N) is 1. The van der Waals surface area contributed by atoms with Gasteiger partial charge in [0.25, 0.3) is 0 Å². The highest BCUT2D eigenvalue weighted by Crippen LogP contribution is 2.30. The number of hydrogen-bond acceptors (Lipinski definition) is 4. The van der Waals surface area contributed by atoms with E-state index < -0.39 is 15.8 Å². The van der Waals surface area contributed by atoms with Crippen LogP contribution in [0.15, 0.2) is 23.1 Å². The van der Waals surface area contributed by atoms with Gasteiger partial charge in [0.2, 0.25) is 10.0 Å². The Bertz CT molecular complexity index is 575. The lowest BCUT2D eigenvalue weighted by Gasteiger charge is -2.34. The normalized spacial score (nSPS) is 21.0. The van der Waals surface area contributed by atoms with Crippen molar-refractivity contribution in [1.29, 1.82) is 0 Å². The summed E-state index contributed by atoms with van der Waals surface area (Å²) in [7, 11) is -3.83. The van der Waals surface area contributed by atoms with Crippen molar-refractivity contribution >= 4 is 15.7 Å². The number of benzene rings is 1. The Morgan fingerprint density at radius 2 is 2.15 bits per heavy atom. The molecule has 0 amide bonds. The number of aliphatic hydroxyl groups excluding tert-OH is 1. The summed E-state index contributed by atoms with van der Waals surface area (Å²) in [6, 6.07) is 3.54. The average molecular weight is 302 g/mol. The zero-order valence-corrected chi connectivity index (χ0v) is 11.9. The summed E-state index contributed by atoms with van der Waals surface area (Å²) in [5.41, 5.74) is 5.22. The Morgan fingerprint density at radius 3 is 2.85 bits per heavy atom. The Kier molecular flexibility index (Phi) is 4.62. The second-order valence-electron chi connectivity index (χ2n) is 4.93. The van der Waals surface area contributed by atoms with Gasteiger partial charge in [0, 0.05) is 19.2 Å². The minimum atomic E-state index is -3.83. The Hall–Kier alpha value is -1.18. The van der Waals surface area contributed by atoms with E-state index in [0.29, 0.717) is 19.4 Å². The topological polar surface area (TPSA) is 83.6 Å². The van der Waals surface area contributed by atoms with Gasteiger partial charge in [-0.1, -0.05) is 12.5 Å². The maximum atomic E-state index is 13.5. The van der Waals surface area contributed by atoms with Crippen LogP contribution in [-0.4, -0.2) is 37.0 Å². The van der Waals surface area contributed by atoms with Crippen LogP contribution in [0.5, 0.6) is 0 Å². The van der Waals surface area contributed by atoms with Crippen molar-refractivity contribution < 1.29 is 17.9 Å². The molecule has 1 aromatic rings. The van der Waals surface area contributed by atoms with Crippen LogP contribution in [0.2, 0.25) is 0 Å². The molecule has 3 N–H and O–H groups in total. The van der Waals surface area contributed by atoms with Gasteiger partial charge in [-0.2, -0.15) is 4.31 Å². The smallest absolute Gasteiger partial charge is 0.245 e. The van der Waals surface area contributed by atoms with Crippen LogP contribution < -0.4 is 5.73 Å². The number of para-hydroxylation sites is 1. The van der Waals surface area contributed by atoms with Crippen molar-refractivity contribution in [1.82, 2.24) is 4.31 Å². The third-order valence-electron chi connectivity index (χ3n) is 3.63. The summed E-state index contributed by atoms with van der Waals surface area (Å²) in [6.45, 7) is 0.304. The molecule has 1 aliphatic heterocycles. The summed E-state index contributed by atoms with van der Waals surface area (Å²) in [6.07, 6.45) is 2.77. The van der Waals surface area contributed by atoms with Gasteiger partial charge in [0.05, 0.1) is 5.69 Å². The highest BCUT2D eigenvalue weighted by Gasteiger charge is 2.34. The maximum Gasteiger partial charge on any atom is 0.245 e. The minimum Gasteiger partial charge on any atom is -0.396 e. The van der Waals surface area contributed by atoms with Crippen molar-refractivity contribution in [3.63, 3.8) is 0 Å². The molecule has 0 bridgehead atoms. The van der Waals surface area contributed by atoms with Crippen molar-refractivity contribution in [2.45, 2.75) is 36.6 Å². The molecule has 20 heavy (non-hydrogen) atoms. The number of hydrogen-bond donors (Lipinski definition) is 2. The summed E-state index contributed by atoms with van der Waals surface area (Å²) in [5, 5.41) is 9.07. The Labute approximate surface area is 118 Å². The molecule has 112 valence electrons. The quantitative estimate of drug-likeness (QED) is 0.822. The lowest BCUT2D eigenvalue weighted by molar-refractivity contribution is 0.192. The molecule has 1 heterocycles. The molecule has 0 saturated carbocycles. The van der Waals surface area contributed by atoms with Gasteiger partial charge < -0.3 is 10.8 Å². The Balaban J connectivity index is 2.40. The summed E-state index contributed by atoms with van der Waals surface area (Å²) in [5.74, 6) is -0.734. The van der Waals surface area contributed by atoms with Crippen LogP contribution in [0.3, 0.4) is 0 Å². The van der Waals surface area contributed by atoms with E-state index in [1.807, 2.05) is 0 Å². The monoisotopic (exact) mass is 302 g/mol. The number of anilines is 1. The fourth-order valence-electron chi connectivity index (χ4n) is 2.60. The van der Waals surface area contributed by atoms with Gasteiger partial charge >= 0.3 is 0 Å². The van der Waals surface area contributed by atoms with Gasteiger partial charge in [-0.15, -0.1) is 0 Å². The molecule has 0 aliphatic carbocycles. The number of sulfonamides is 1. The first kappa shape index (κ1) is 15.2. The molecule has 7 heteroatoms. The number of nitrogen functional groups attached to an aromatic ring is 1. The fraction of sp³-hybridized carbons (Fsp3) is 0.538. The van der Waals surface area contributed by atoms with E-state index in [2.05, 4.69) is 0 Å². The number of piperidine rings is 1. The van der Waals surface area contributed by atoms with E-state index in [1.54, 1.807) is 0 Å². The number of rotatable bonds is 4. The van der Waals surface area contributed by atoms with Crippen LogP contribution in [0.4, 0.5) is 10.1 Å². The summed E-state index contributed by atoms with van der Waals surface area (Å²) < 4.78 is 40.1. The van der Waals surface area contributed by atoms with Crippen LogP contribution in [0, 0.1) is 5.82 Å².